The fraction of sp³-hybridized carbons (Fsp3) is 0.857. The van der Waals surface area contributed by atoms with Crippen LogP contribution in [-0.4, -0.2) is 30.9 Å². The number of hydrogen-bond donors (Lipinski definition) is 3. The van der Waals surface area contributed by atoms with Gasteiger partial charge >= 0.3 is 0 Å². The van der Waals surface area contributed by atoms with Gasteiger partial charge < -0.3 is 16.4 Å². The van der Waals surface area contributed by atoms with E-state index in [1.54, 1.807) is 0 Å². The van der Waals surface area contributed by atoms with E-state index in [1.165, 1.54) is 0 Å². The van der Waals surface area contributed by atoms with E-state index in [4.69, 9.17) is 5.73 Å². The van der Waals surface area contributed by atoms with Crippen LogP contribution in [0.2, 0.25) is 0 Å². The van der Waals surface area contributed by atoms with Crippen molar-refractivity contribution in [2.45, 2.75) is 58.9 Å². The zero-order valence-electron chi connectivity index (χ0n) is 12.5. The van der Waals surface area contributed by atoms with Crippen LogP contribution in [0.15, 0.2) is 0 Å². The van der Waals surface area contributed by atoms with E-state index in [9.17, 15) is 9.59 Å². The molecule has 1 atom stereocenters. The molecule has 0 radical (unpaired) electrons. The molecule has 0 saturated heterocycles. The quantitative estimate of drug-likeness (QED) is 0.557. The zero-order valence-corrected chi connectivity index (χ0v) is 12.5. The second-order valence-electron chi connectivity index (χ2n) is 5.27. The lowest BCUT2D eigenvalue weighted by atomic mass is 9.94. The van der Waals surface area contributed by atoms with E-state index in [1.807, 2.05) is 13.8 Å². The van der Waals surface area contributed by atoms with Crippen LogP contribution >= 0.6 is 0 Å². The summed E-state index contributed by atoms with van der Waals surface area (Å²) in [5.41, 5.74) is 5.56. The monoisotopic (exact) mass is 271 g/mol. The summed E-state index contributed by atoms with van der Waals surface area (Å²) >= 11 is 0. The Labute approximate surface area is 116 Å². The van der Waals surface area contributed by atoms with Crippen LogP contribution in [0, 0.1) is 5.92 Å². The van der Waals surface area contributed by atoms with Gasteiger partial charge in [0.2, 0.25) is 11.8 Å². The molecule has 0 fully saturated rings. The molecule has 112 valence electrons. The van der Waals surface area contributed by atoms with E-state index < -0.39 is 0 Å². The molecule has 19 heavy (non-hydrogen) atoms. The molecule has 0 aromatic rings. The van der Waals surface area contributed by atoms with E-state index >= 15 is 0 Å². The largest absolute Gasteiger partial charge is 0.352 e. The zero-order chi connectivity index (χ0) is 14.7. The fourth-order valence-corrected chi connectivity index (χ4v) is 2.05. The predicted octanol–water partition coefficient (Wildman–Crippen LogP) is 1.17. The van der Waals surface area contributed by atoms with Gasteiger partial charge in [0.05, 0.1) is 6.54 Å². The highest BCUT2D eigenvalue weighted by Gasteiger charge is 2.11. The van der Waals surface area contributed by atoms with Gasteiger partial charge in [0.15, 0.2) is 0 Å². The molecule has 0 aliphatic rings. The molecule has 1 unspecified atom stereocenters. The van der Waals surface area contributed by atoms with Gasteiger partial charge in [0, 0.05) is 12.5 Å². The number of hydrogen-bond acceptors (Lipinski definition) is 3. The Hall–Kier alpha value is -1.10. The van der Waals surface area contributed by atoms with E-state index in [2.05, 4.69) is 17.6 Å². The summed E-state index contributed by atoms with van der Waals surface area (Å²) in [5, 5.41) is 5.38. The Bertz CT molecular complexity index is 261. The Kier molecular flexibility index (Phi) is 10.2. The highest BCUT2D eigenvalue weighted by Crippen LogP contribution is 2.16. The molecule has 5 nitrogen and oxygen atoms in total. The minimum absolute atomic E-state index is 0.0583. The van der Waals surface area contributed by atoms with Gasteiger partial charge in [-0.3, -0.25) is 9.59 Å². The van der Waals surface area contributed by atoms with Crippen LogP contribution in [0.1, 0.15) is 52.9 Å². The number of carbonyl (C=O) groups excluding carboxylic acids is 2. The summed E-state index contributed by atoms with van der Waals surface area (Å²) in [7, 11) is 0. The summed E-state index contributed by atoms with van der Waals surface area (Å²) < 4.78 is 0. The molecule has 0 heterocycles. The Morgan fingerprint density at radius 2 is 1.79 bits per heavy atom. The fourth-order valence-electron chi connectivity index (χ4n) is 2.05. The molecule has 0 saturated carbocycles. The molecule has 0 aromatic heterocycles. The Morgan fingerprint density at radius 1 is 1.11 bits per heavy atom. The SMILES string of the molecule is CCCC(CCN)CCC(=O)NCC(=O)NC(C)C. The molecule has 0 aliphatic carbocycles. The van der Waals surface area contributed by atoms with Crippen molar-refractivity contribution in [2.75, 3.05) is 13.1 Å². The van der Waals surface area contributed by atoms with E-state index in [0.29, 0.717) is 18.9 Å². The molecular formula is C14H29N3O2. The van der Waals surface area contributed by atoms with Crippen molar-refractivity contribution in [1.29, 1.82) is 0 Å². The number of rotatable bonds is 10. The molecular weight excluding hydrogens is 242 g/mol. The molecule has 0 aliphatic heterocycles. The summed E-state index contributed by atoms with van der Waals surface area (Å²) in [6.07, 6.45) is 4.51. The van der Waals surface area contributed by atoms with Gasteiger partial charge in [-0.15, -0.1) is 0 Å². The highest BCUT2D eigenvalue weighted by atomic mass is 16.2. The molecule has 5 heteroatoms. The number of amides is 2. The summed E-state index contributed by atoms with van der Waals surface area (Å²) in [4.78, 5) is 23.0. The number of carbonyl (C=O) groups is 2. The summed E-state index contributed by atoms with van der Waals surface area (Å²) in [6.45, 7) is 6.65. The highest BCUT2D eigenvalue weighted by molar-refractivity contribution is 5.84. The van der Waals surface area contributed by atoms with Crippen LogP contribution in [-0.2, 0) is 9.59 Å². The van der Waals surface area contributed by atoms with Crippen molar-refractivity contribution in [3.05, 3.63) is 0 Å². The lowest BCUT2D eigenvalue weighted by molar-refractivity contribution is -0.126. The second-order valence-corrected chi connectivity index (χ2v) is 5.27. The van der Waals surface area contributed by atoms with Crippen molar-refractivity contribution < 1.29 is 9.59 Å². The van der Waals surface area contributed by atoms with Crippen LogP contribution in [0.4, 0.5) is 0 Å². The van der Waals surface area contributed by atoms with Crippen molar-refractivity contribution in [1.82, 2.24) is 10.6 Å². The molecule has 0 spiro atoms. The molecule has 0 rings (SSSR count). The van der Waals surface area contributed by atoms with Gasteiger partial charge in [-0.2, -0.15) is 0 Å². The summed E-state index contributed by atoms with van der Waals surface area (Å²) in [5.74, 6) is 0.317. The Morgan fingerprint density at radius 3 is 2.32 bits per heavy atom. The predicted molar refractivity (Wildman–Crippen MR) is 77.6 cm³/mol. The topological polar surface area (TPSA) is 84.2 Å². The third-order valence-electron chi connectivity index (χ3n) is 2.95. The maximum atomic E-state index is 11.6. The summed E-state index contributed by atoms with van der Waals surface area (Å²) in [6, 6.07) is 0.0999. The number of nitrogens with two attached hydrogens (primary N) is 1. The lowest BCUT2D eigenvalue weighted by Crippen LogP contribution is -2.39. The smallest absolute Gasteiger partial charge is 0.239 e. The lowest BCUT2D eigenvalue weighted by Gasteiger charge is -2.14. The first kappa shape index (κ1) is 17.9. The van der Waals surface area contributed by atoms with E-state index in [0.717, 1.165) is 25.7 Å². The maximum Gasteiger partial charge on any atom is 0.239 e. The number of nitrogens with one attached hydrogen (secondary N) is 2. The van der Waals surface area contributed by atoms with E-state index in [-0.39, 0.29) is 24.4 Å². The average molecular weight is 271 g/mol. The minimum Gasteiger partial charge on any atom is -0.352 e. The normalized spacial score (nSPS) is 12.3. The van der Waals surface area contributed by atoms with Crippen molar-refractivity contribution >= 4 is 11.8 Å². The maximum absolute atomic E-state index is 11.6. The van der Waals surface area contributed by atoms with Crippen LogP contribution in [0.5, 0.6) is 0 Å². The Balaban J connectivity index is 3.81. The van der Waals surface area contributed by atoms with Crippen molar-refractivity contribution in [3.63, 3.8) is 0 Å². The van der Waals surface area contributed by atoms with Crippen molar-refractivity contribution in [3.8, 4) is 0 Å². The van der Waals surface area contributed by atoms with Crippen molar-refractivity contribution in [2.24, 2.45) is 11.7 Å². The van der Waals surface area contributed by atoms with Crippen LogP contribution < -0.4 is 16.4 Å². The molecule has 0 aromatic carbocycles. The van der Waals surface area contributed by atoms with Gasteiger partial charge in [-0.1, -0.05) is 19.8 Å². The standard InChI is InChI=1S/C14H29N3O2/c1-4-5-12(8-9-15)6-7-13(18)16-10-14(19)17-11(2)3/h11-12H,4-10,15H2,1-3H3,(H,16,18)(H,17,19). The van der Waals surface area contributed by atoms with Gasteiger partial charge in [0.25, 0.3) is 0 Å². The first-order chi connectivity index (χ1) is 8.99. The molecule has 4 N–H and O–H groups in total. The van der Waals surface area contributed by atoms with Gasteiger partial charge in [0.1, 0.15) is 0 Å². The first-order valence-electron chi connectivity index (χ1n) is 7.25. The second kappa shape index (κ2) is 10.8. The molecule has 0 bridgehead atoms. The molecule has 2 amide bonds. The third kappa shape index (κ3) is 10.5. The van der Waals surface area contributed by atoms with Crippen LogP contribution in [0.3, 0.4) is 0 Å². The van der Waals surface area contributed by atoms with Crippen LogP contribution in [0.25, 0.3) is 0 Å². The van der Waals surface area contributed by atoms with Gasteiger partial charge in [-0.25, -0.2) is 0 Å². The average Bonchev–Trinajstić information content (AvgIpc) is 2.33. The minimum atomic E-state index is -0.143. The first-order valence-corrected chi connectivity index (χ1v) is 7.25. The third-order valence-corrected chi connectivity index (χ3v) is 2.95. The van der Waals surface area contributed by atoms with Gasteiger partial charge in [-0.05, 0) is 39.2 Å².